The summed E-state index contributed by atoms with van der Waals surface area (Å²) >= 11 is 1.32. The number of carbonyl (C=O) groups excluding carboxylic acids is 1. The number of nitrogens with zero attached hydrogens (tertiary/aromatic N) is 5. The zero-order valence-corrected chi connectivity index (χ0v) is 28.7. The minimum atomic E-state index is -0.655. The van der Waals surface area contributed by atoms with Gasteiger partial charge in [-0.15, -0.1) is 0 Å². The van der Waals surface area contributed by atoms with Crippen molar-refractivity contribution < 1.29 is 9.53 Å². The van der Waals surface area contributed by atoms with E-state index in [1.54, 1.807) is 18.4 Å². The van der Waals surface area contributed by atoms with Gasteiger partial charge in [-0.05, 0) is 66.4 Å². The van der Waals surface area contributed by atoms with Crippen LogP contribution < -0.4 is 24.8 Å². The highest BCUT2D eigenvalue weighted by atomic mass is 32.1. The predicted octanol–water partition coefficient (Wildman–Crippen LogP) is 6.22. The maximum Gasteiger partial charge on any atom is 0.338 e. The van der Waals surface area contributed by atoms with Gasteiger partial charge in [0.25, 0.3) is 5.56 Å². The van der Waals surface area contributed by atoms with E-state index in [-0.39, 0.29) is 18.2 Å². The number of benzene rings is 4. The SMILES string of the molecule is CCOC(=O)C1=C(C)N=c2sc(=Cc3ccc(N4N=C(c5ccccc5)C[C@H]4c4ccccc4)cc3)c(=O)n2[C@@H]1c1ccc(N(C)C)cc1. The number of allylic oxidation sites excluding steroid dienone is 1. The highest BCUT2D eigenvalue weighted by Crippen LogP contribution is 2.37. The molecule has 0 bridgehead atoms. The molecule has 0 radical (unpaired) electrons. The fourth-order valence-corrected chi connectivity index (χ4v) is 7.47. The molecule has 246 valence electrons. The molecule has 0 saturated heterocycles. The molecule has 2 aliphatic rings. The number of esters is 1. The van der Waals surface area contributed by atoms with Crippen LogP contribution in [0.1, 0.15) is 54.6 Å². The van der Waals surface area contributed by atoms with Crippen molar-refractivity contribution in [3.8, 4) is 0 Å². The number of rotatable bonds is 8. The number of hydrogen-bond donors (Lipinski definition) is 0. The van der Waals surface area contributed by atoms with Crippen molar-refractivity contribution in [3.05, 3.63) is 162 Å². The molecule has 3 heterocycles. The summed E-state index contributed by atoms with van der Waals surface area (Å²) in [6.07, 6.45) is 2.68. The number of thiazole rings is 1. The molecule has 0 aliphatic carbocycles. The summed E-state index contributed by atoms with van der Waals surface area (Å²) < 4.78 is 7.61. The van der Waals surface area contributed by atoms with Gasteiger partial charge in [0.15, 0.2) is 4.80 Å². The van der Waals surface area contributed by atoms with Gasteiger partial charge in [-0.25, -0.2) is 9.79 Å². The zero-order chi connectivity index (χ0) is 34.1. The number of hydrogen-bond acceptors (Lipinski definition) is 8. The van der Waals surface area contributed by atoms with Gasteiger partial charge in [0.2, 0.25) is 0 Å². The topological polar surface area (TPSA) is 79.5 Å². The highest BCUT2D eigenvalue weighted by molar-refractivity contribution is 7.07. The van der Waals surface area contributed by atoms with Crippen molar-refractivity contribution in [2.24, 2.45) is 10.1 Å². The van der Waals surface area contributed by atoms with E-state index in [0.29, 0.717) is 20.6 Å². The zero-order valence-electron chi connectivity index (χ0n) is 27.9. The molecule has 7 rings (SSSR count). The van der Waals surface area contributed by atoms with Crippen LogP contribution in [0.3, 0.4) is 0 Å². The molecule has 0 amide bonds. The molecule has 9 heteroatoms. The third kappa shape index (κ3) is 6.25. The van der Waals surface area contributed by atoms with E-state index < -0.39 is 12.0 Å². The van der Waals surface area contributed by atoms with Crippen LogP contribution in [0.15, 0.2) is 135 Å². The van der Waals surface area contributed by atoms with E-state index in [9.17, 15) is 9.59 Å². The van der Waals surface area contributed by atoms with Crippen LogP contribution in [-0.2, 0) is 9.53 Å². The van der Waals surface area contributed by atoms with Gasteiger partial charge >= 0.3 is 5.97 Å². The number of aromatic nitrogens is 1. The Morgan fingerprint density at radius 3 is 2.24 bits per heavy atom. The van der Waals surface area contributed by atoms with Gasteiger partial charge in [0.1, 0.15) is 0 Å². The number of hydrazone groups is 1. The standard InChI is InChI=1S/C40H37N5O3S/c1-5-48-39(47)36-26(2)41-40-44(37(36)30-18-22-31(23-19-30)43(3)4)38(46)35(49-40)24-27-16-20-32(21-17-27)45-34(29-14-10-7-11-15-29)25-33(42-45)28-12-8-6-9-13-28/h6-24,34,37H,5,25H2,1-4H3/t34-,37+/m0/s1. The molecule has 8 nitrogen and oxygen atoms in total. The summed E-state index contributed by atoms with van der Waals surface area (Å²) in [5.74, 6) is -0.468. The van der Waals surface area contributed by atoms with E-state index in [1.807, 2.05) is 97.9 Å². The molecule has 2 atom stereocenters. The quantitative estimate of drug-likeness (QED) is 0.184. The van der Waals surface area contributed by atoms with Crippen molar-refractivity contribution in [2.45, 2.75) is 32.4 Å². The summed E-state index contributed by atoms with van der Waals surface area (Å²) in [7, 11) is 3.95. The van der Waals surface area contributed by atoms with Crippen molar-refractivity contribution in [3.63, 3.8) is 0 Å². The fraction of sp³-hybridized carbons (Fsp3) is 0.200. The van der Waals surface area contributed by atoms with Crippen molar-refractivity contribution in [2.75, 3.05) is 30.6 Å². The highest BCUT2D eigenvalue weighted by Gasteiger charge is 2.33. The second-order valence-corrected chi connectivity index (χ2v) is 13.3. The number of fused-ring (bicyclic) bond motifs is 1. The lowest BCUT2D eigenvalue weighted by Gasteiger charge is -2.25. The lowest BCUT2D eigenvalue weighted by atomic mass is 9.95. The molecule has 4 aromatic carbocycles. The molecule has 0 spiro atoms. The van der Waals surface area contributed by atoms with E-state index in [2.05, 4.69) is 41.4 Å². The first-order valence-corrected chi connectivity index (χ1v) is 17.2. The molecule has 0 saturated carbocycles. The van der Waals surface area contributed by atoms with E-state index in [0.717, 1.165) is 40.2 Å². The second-order valence-electron chi connectivity index (χ2n) is 12.3. The minimum absolute atomic E-state index is 0.0644. The minimum Gasteiger partial charge on any atom is -0.463 e. The summed E-state index contributed by atoms with van der Waals surface area (Å²) in [5.41, 5.74) is 7.75. The number of anilines is 2. The first-order valence-electron chi connectivity index (χ1n) is 16.4. The Hall–Kier alpha value is -5.54. The van der Waals surface area contributed by atoms with Crippen LogP contribution in [-0.4, -0.2) is 37.0 Å². The maximum absolute atomic E-state index is 14.1. The van der Waals surface area contributed by atoms with E-state index >= 15 is 0 Å². The van der Waals surface area contributed by atoms with Crippen LogP contribution in [0.25, 0.3) is 6.08 Å². The molecule has 0 N–H and O–H groups in total. The molecule has 0 unspecified atom stereocenters. The summed E-state index contributed by atoms with van der Waals surface area (Å²) in [6, 6.07) is 36.2. The summed E-state index contributed by atoms with van der Waals surface area (Å²) in [4.78, 5) is 34.7. The van der Waals surface area contributed by atoms with Crippen LogP contribution in [0.5, 0.6) is 0 Å². The Morgan fingerprint density at radius 2 is 1.59 bits per heavy atom. The maximum atomic E-state index is 14.1. The first kappa shape index (κ1) is 32.0. The molecular weight excluding hydrogens is 631 g/mol. The number of ether oxygens (including phenoxy) is 1. The summed E-state index contributed by atoms with van der Waals surface area (Å²) in [6.45, 7) is 3.80. The average molecular weight is 668 g/mol. The van der Waals surface area contributed by atoms with Crippen LogP contribution in [0.2, 0.25) is 0 Å². The summed E-state index contributed by atoms with van der Waals surface area (Å²) in [5, 5.41) is 7.18. The Kier molecular flexibility index (Phi) is 8.84. The largest absolute Gasteiger partial charge is 0.463 e. The number of carbonyl (C=O) groups is 1. The molecular formula is C40H37N5O3S. The Labute approximate surface area is 289 Å². The van der Waals surface area contributed by atoms with Gasteiger partial charge in [-0.1, -0.05) is 96.3 Å². The van der Waals surface area contributed by atoms with Crippen molar-refractivity contribution >= 4 is 40.5 Å². The van der Waals surface area contributed by atoms with Crippen molar-refractivity contribution in [1.29, 1.82) is 0 Å². The fourth-order valence-electron chi connectivity index (χ4n) is 6.42. The van der Waals surface area contributed by atoms with Gasteiger partial charge in [0.05, 0.1) is 45.9 Å². The average Bonchev–Trinajstić information content (AvgIpc) is 3.70. The third-order valence-corrected chi connectivity index (χ3v) is 9.88. The van der Waals surface area contributed by atoms with Gasteiger partial charge in [-0.3, -0.25) is 14.4 Å². The van der Waals surface area contributed by atoms with Gasteiger partial charge in [0, 0.05) is 26.2 Å². The smallest absolute Gasteiger partial charge is 0.338 e. The van der Waals surface area contributed by atoms with E-state index in [4.69, 9.17) is 14.8 Å². The normalized spacial score (nSPS) is 17.4. The van der Waals surface area contributed by atoms with Crippen LogP contribution in [0, 0.1) is 0 Å². The van der Waals surface area contributed by atoms with E-state index in [1.165, 1.54) is 16.9 Å². The lowest BCUT2D eigenvalue weighted by molar-refractivity contribution is -0.139. The molecule has 5 aromatic rings. The Morgan fingerprint density at radius 1 is 0.918 bits per heavy atom. The molecule has 2 aliphatic heterocycles. The first-order chi connectivity index (χ1) is 23.8. The third-order valence-electron chi connectivity index (χ3n) is 8.90. The molecule has 1 aromatic heterocycles. The Bertz CT molecular complexity index is 2240. The molecule has 49 heavy (non-hydrogen) atoms. The van der Waals surface area contributed by atoms with Gasteiger partial charge < -0.3 is 9.64 Å². The van der Waals surface area contributed by atoms with Crippen LogP contribution >= 0.6 is 11.3 Å². The monoisotopic (exact) mass is 667 g/mol. The lowest BCUT2D eigenvalue weighted by Crippen LogP contribution is -2.39. The van der Waals surface area contributed by atoms with Crippen molar-refractivity contribution in [1.82, 2.24) is 4.57 Å². The second kappa shape index (κ2) is 13.5. The van der Waals surface area contributed by atoms with Gasteiger partial charge in [-0.2, -0.15) is 5.10 Å². The Balaban J connectivity index is 1.26. The van der Waals surface area contributed by atoms with Crippen LogP contribution in [0.4, 0.5) is 11.4 Å². The molecule has 0 fully saturated rings. The predicted molar refractivity (Wildman–Crippen MR) is 197 cm³/mol.